The van der Waals surface area contributed by atoms with Crippen molar-refractivity contribution in [2.75, 3.05) is 0 Å². The molecule has 0 heterocycles. The van der Waals surface area contributed by atoms with E-state index in [0.717, 1.165) is 18.3 Å². The molecule has 0 aromatic carbocycles. The van der Waals surface area contributed by atoms with Crippen LogP contribution in [0.5, 0.6) is 0 Å². The van der Waals surface area contributed by atoms with E-state index in [1.54, 1.807) is 0 Å². The SMILES string of the molecule is CC(C)C(C)CC(N)C(C)C(C)C. The number of hydrogen-bond donors (Lipinski definition) is 1. The Bertz CT molecular complexity index is 129. The normalized spacial score (nSPS) is 19.2. The van der Waals surface area contributed by atoms with Crippen LogP contribution in [0, 0.1) is 23.7 Å². The molecule has 0 aliphatic heterocycles. The van der Waals surface area contributed by atoms with Crippen LogP contribution < -0.4 is 5.73 Å². The van der Waals surface area contributed by atoms with Gasteiger partial charge in [-0.25, -0.2) is 0 Å². The molecule has 0 aliphatic carbocycles. The highest BCUT2D eigenvalue weighted by Crippen LogP contribution is 2.22. The van der Waals surface area contributed by atoms with Crippen LogP contribution >= 0.6 is 0 Å². The van der Waals surface area contributed by atoms with E-state index >= 15 is 0 Å². The molecule has 0 aromatic heterocycles. The fourth-order valence-corrected chi connectivity index (χ4v) is 1.41. The maximum atomic E-state index is 6.16. The Labute approximate surface area is 84.1 Å². The van der Waals surface area contributed by atoms with E-state index in [0.29, 0.717) is 17.9 Å². The molecule has 0 radical (unpaired) electrons. The van der Waals surface area contributed by atoms with Crippen molar-refractivity contribution < 1.29 is 0 Å². The summed E-state index contributed by atoms with van der Waals surface area (Å²) in [7, 11) is 0. The number of rotatable bonds is 5. The average Bonchev–Trinajstić information content (AvgIpc) is 2.02. The van der Waals surface area contributed by atoms with E-state index < -0.39 is 0 Å². The predicted molar refractivity (Wildman–Crippen MR) is 60.6 cm³/mol. The molecule has 80 valence electrons. The molecule has 1 nitrogen and oxygen atoms in total. The van der Waals surface area contributed by atoms with E-state index in [-0.39, 0.29) is 0 Å². The van der Waals surface area contributed by atoms with Crippen LogP contribution in [0.25, 0.3) is 0 Å². The molecule has 1 heteroatoms. The minimum Gasteiger partial charge on any atom is -0.327 e. The first-order chi connectivity index (χ1) is 5.86. The van der Waals surface area contributed by atoms with Gasteiger partial charge in [0.15, 0.2) is 0 Å². The second-order valence-corrected chi connectivity index (χ2v) is 5.22. The lowest BCUT2D eigenvalue weighted by atomic mass is 9.83. The quantitative estimate of drug-likeness (QED) is 0.699. The molecule has 2 N–H and O–H groups in total. The predicted octanol–water partition coefficient (Wildman–Crippen LogP) is 3.29. The van der Waals surface area contributed by atoms with Crippen LogP contribution in [0.15, 0.2) is 0 Å². The van der Waals surface area contributed by atoms with Gasteiger partial charge in [0.25, 0.3) is 0 Å². The Kier molecular flexibility index (Phi) is 5.62. The first-order valence-electron chi connectivity index (χ1n) is 5.61. The van der Waals surface area contributed by atoms with Crippen molar-refractivity contribution in [3.8, 4) is 0 Å². The van der Waals surface area contributed by atoms with E-state index in [9.17, 15) is 0 Å². The fraction of sp³-hybridized carbons (Fsp3) is 1.00. The van der Waals surface area contributed by atoms with Crippen LogP contribution in [-0.2, 0) is 0 Å². The summed E-state index contributed by atoms with van der Waals surface area (Å²) in [5.41, 5.74) is 6.16. The molecule has 0 saturated carbocycles. The Morgan fingerprint density at radius 3 is 1.62 bits per heavy atom. The topological polar surface area (TPSA) is 26.0 Å². The van der Waals surface area contributed by atoms with Gasteiger partial charge in [0.1, 0.15) is 0 Å². The van der Waals surface area contributed by atoms with Crippen LogP contribution in [0.2, 0.25) is 0 Å². The highest BCUT2D eigenvalue weighted by Gasteiger charge is 2.19. The zero-order chi connectivity index (χ0) is 10.6. The van der Waals surface area contributed by atoms with Gasteiger partial charge >= 0.3 is 0 Å². The molecular formula is C12H27N. The molecule has 0 saturated heterocycles. The van der Waals surface area contributed by atoms with E-state index in [4.69, 9.17) is 5.73 Å². The average molecular weight is 185 g/mol. The zero-order valence-electron chi connectivity index (χ0n) is 10.2. The maximum Gasteiger partial charge on any atom is 0.00696 e. The standard InChI is InChI=1S/C12H27N/c1-8(2)10(5)7-12(13)11(6)9(3)4/h8-12H,7,13H2,1-6H3. The second kappa shape index (κ2) is 5.64. The molecule has 0 aliphatic rings. The lowest BCUT2D eigenvalue weighted by Gasteiger charge is -2.27. The van der Waals surface area contributed by atoms with Crippen LogP contribution in [0.1, 0.15) is 48.0 Å². The minimum absolute atomic E-state index is 0.373. The van der Waals surface area contributed by atoms with Gasteiger partial charge in [0.2, 0.25) is 0 Å². The summed E-state index contributed by atoms with van der Waals surface area (Å²) in [5, 5.41) is 0. The first kappa shape index (κ1) is 13.0. The van der Waals surface area contributed by atoms with Gasteiger partial charge in [0, 0.05) is 6.04 Å². The molecule has 0 rings (SSSR count). The molecule has 13 heavy (non-hydrogen) atoms. The molecule has 0 aromatic rings. The Hall–Kier alpha value is -0.0400. The molecular weight excluding hydrogens is 158 g/mol. The van der Waals surface area contributed by atoms with E-state index in [2.05, 4.69) is 41.5 Å². The van der Waals surface area contributed by atoms with Crippen molar-refractivity contribution in [3.05, 3.63) is 0 Å². The van der Waals surface area contributed by atoms with Crippen molar-refractivity contribution in [3.63, 3.8) is 0 Å². The third-order valence-corrected chi connectivity index (χ3v) is 3.51. The third-order valence-electron chi connectivity index (χ3n) is 3.51. The molecule has 0 bridgehead atoms. The summed E-state index contributed by atoms with van der Waals surface area (Å²) >= 11 is 0. The van der Waals surface area contributed by atoms with Gasteiger partial charge in [-0.1, -0.05) is 41.5 Å². The van der Waals surface area contributed by atoms with Gasteiger partial charge < -0.3 is 5.73 Å². The molecule has 0 spiro atoms. The second-order valence-electron chi connectivity index (χ2n) is 5.22. The Balaban J connectivity index is 3.92. The Morgan fingerprint density at radius 1 is 0.846 bits per heavy atom. The van der Waals surface area contributed by atoms with Gasteiger partial charge in [0.05, 0.1) is 0 Å². The minimum atomic E-state index is 0.373. The molecule has 3 unspecified atom stereocenters. The van der Waals surface area contributed by atoms with Gasteiger partial charge in [-0.3, -0.25) is 0 Å². The highest BCUT2D eigenvalue weighted by atomic mass is 14.6. The fourth-order valence-electron chi connectivity index (χ4n) is 1.41. The number of nitrogens with two attached hydrogens (primary N) is 1. The molecule has 3 atom stereocenters. The maximum absolute atomic E-state index is 6.16. The van der Waals surface area contributed by atoms with Crippen molar-refractivity contribution in [1.82, 2.24) is 0 Å². The van der Waals surface area contributed by atoms with E-state index in [1.165, 1.54) is 0 Å². The van der Waals surface area contributed by atoms with Crippen molar-refractivity contribution >= 4 is 0 Å². The zero-order valence-corrected chi connectivity index (χ0v) is 10.2. The van der Waals surface area contributed by atoms with Gasteiger partial charge in [-0.2, -0.15) is 0 Å². The van der Waals surface area contributed by atoms with Gasteiger partial charge in [-0.15, -0.1) is 0 Å². The first-order valence-corrected chi connectivity index (χ1v) is 5.61. The van der Waals surface area contributed by atoms with Crippen LogP contribution in [0.4, 0.5) is 0 Å². The lowest BCUT2D eigenvalue weighted by molar-refractivity contribution is 0.273. The third kappa shape index (κ3) is 4.66. The number of hydrogen-bond acceptors (Lipinski definition) is 1. The van der Waals surface area contributed by atoms with Crippen LogP contribution in [0.3, 0.4) is 0 Å². The summed E-state index contributed by atoms with van der Waals surface area (Å²) in [4.78, 5) is 0. The summed E-state index contributed by atoms with van der Waals surface area (Å²) < 4.78 is 0. The Morgan fingerprint density at radius 2 is 1.31 bits per heavy atom. The highest BCUT2D eigenvalue weighted by molar-refractivity contribution is 4.75. The lowest BCUT2D eigenvalue weighted by Crippen LogP contribution is -2.33. The molecule has 0 fully saturated rings. The summed E-state index contributed by atoms with van der Waals surface area (Å²) in [6.45, 7) is 13.6. The monoisotopic (exact) mass is 185 g/mol. The largest absolute Gasteiger partial charge is 0.327 e. The van der Waals surface area contributed by atoms with Crippen LogP contribution in [-0.4, -0.2) is 6.04 Å². The van der Waals surface area contributed by atoms with Gasteiger partial charge in [-0.05, 0) is 30.1 Å². The summed E-state index contributed by atoms with van der Waals surface area (Å²) in [6.07, 6.45) is 1.16. The van der Waals surface area contributed by atoms with Crippen molar-refractivity contribution in [2.24, 2.45) is 29.4 Å². The van der Waals surface area contributed by atoms with Crippen molar-refractivity contribution in [1.29, 1.82) is 0 Å². The molecule has 0 amide bonds. The smallest absolute Gasteiger partial charge is 0.00696 e. The summed E-state index contributed by atoms with van der Waals surface area (Å²) in [6, 6.07) is 0.373. The summed E-state index contributed by atoms with van der Waals surface area (Å²) in [5.74, 6) is 2.84. The van der Waals surface area contributed by atoms with Crippen molar-refractivity contribution in [2.45, 2.75) is 54.0 Å². The van der Waals surface area contributed by atoms with E-state index in [1.807, 2.05) is 0 Å².